The first-order valence-electron chi connectivity index (χ1n) is 6.59. The van der Waals surface area contributed by atoms with Crippen LogP contribution in [0.1, 0.15) is 0 Å². The van der Waals surface area contributed by atoms with Gasteiger partial charge in [0, 0.05) is 18.4 Å². The van der Waals surface area contributed by atoms with Crippen LogP contribution in [-0.4, -0.2) is 7.05 Å². The maximum atomic E-state index is 3.58. The van der Waals surface area contributed by atoms with Crippen molar-refractivity contribution in [3.8, 4) is 0 Å². The molecular weight excluding hydrogens is 409 g/mol. The van der Waals surface area contributed by atoms with Crippen LogP contribution in [0.5, 0.6) is 0 Å². The van der Waals surface area contributed by atoms with Gasteiger partial charge in [0.05, 0.1) is 5.33 Å². The fourth-order valence-electron chi connectivity index (χ4n) is 2.32. The molecular formula is C17H14Br2NP. The number of benzene rings is 3. The summed E-state index contributed by atoms with van der Waals surface area (Å²) in [6.45, 7) is 0. The highest BCUT2D eigenvalue weighted by Crippen LogP contribution is 2.50. The second-order valence-corrected chi connectivity index (χ2v) is 12.9. The highest BCUT2D eigenvalue weighted by Gasteiger charge is 2.07. The molecule has 1 nitrogen and oxygen atoms in total. The topological polar surface area (TPSA) is 3.24 Å². The van der Waals surface area contributed by atoms with Gasteiger partial charge in [-0.1, -0.05) is 42.5 Å². The van der Waals surface area contributed by atoms with E-state index in [1.165, 1.54) is 27.5 Å². The molecule has 0 fully saturated rings. The summed E-state index contributed by atoms with van der Waals surface area (Å²) in [5, 5.41) is 3.42. The maximum absolute atomic E-state index is 3.58. The van der Waals surface area contributed by atoms with Gasteiger partial charge < -0.3 is 4.90 Å². The summed E-state index contributed by atoms with van der Waals surface area (Å²) < 4.78 is 0. The molecule has 0 saturated carbocycles. The molecule has 3 aromatic rings. The Morgan fingerprint density at radius 1 is 0.762 bits per heavy atom. The highest BCUT2D eigenvalue weighted by atomic mass is 79.9. The van der Waals surface area contributed by atoms with Gasteiger partial charge in [0.25, 0.3) is 0 Å². The molecule has 0 radical (unpaired) electrons. The predicted octanol–water partition coefficient (Wildman–Crippen LogP) is 6.33. The monoisotopic (exact) mass is 421 g/mol. The molecule has 106 valence electrons. The van der Waals surface area contributed by atoms with Crippen molar-refractivity contribution in [3.63, 3.8) is 0 Å². The Balaban J connectivity index is 1.93. The van der Waals surface area contributed by atoms with Crippen LogP contribution in [0.4, 0.5) is 11.4 Å². The predicted molar refractivity (Wildman–Crippen MR) is 103 cm³/mol. The van der Waals surface area contributed by atoms with Gasteiger partial charge in [-0.2, -0.15) is 0 Å². The van der Waals surface area contributed by atoms with Gasteiger partial charge in [0.2, 0.25) is 0 Å². The number of fused-ring (bicyclic) bond motifs is 1. The molecule has 3 aromatic carbocycles. The van der Waals surface area contributed by atoms with Crippen LogP contribution in [-0.2, 0) is 0 Å². The standard InChI is InChI=1S/C17H14Br2NP/c1-20(15-8-10-17(11-9-15)21(18)19)16-7-6-13-4-2-3-5-14(13)12-16/h2-12H,1H3. The van der Waals surface area contributed by atoms with E-state index in [-0.39, 0.29) is 0 Å². The molecule has 0 aliphatic rings. The third-order valence-corrected chi connectivity index (χ3v) is 6.70. The van der Waals surface area contributed by atoms with Crippen LogP contribution >= 0.6 is 36.3 Å². The fraction of sp³-hybridized carbons (Fsp3) is 0.0588. The average Bonchev–Trinajstić information content (AvgIpc) is 2.54. The van der Waals surface area contributed by atoms with E-state index in [0.29, 0.717) is 0 Å². The van der Waals surface area contributed by atoms with Crippen LogP contribution in [0.2, 0.25) is 0 Å². The number of hydrogen-bond donors (Lipinski definition) is 0. The molecule has 3 rings (SSSR count). The van der Waals surface area contributed by atoms with Crippen LogP contribution in [0.3, 0.4) is 0 Å². The van der Waals surface area contributed by atoms with Gasteiger partial charge in [0.15, 0.2) is 0 Å². The quantitative estimate of drug-likeness (QED) is 0.445. The Kier molecular flexibility index (Phi) is 4.63. The summed E-state index contributed by atoms with van der Waals surface area (Å²) >= 11 is 7.17. The first-order chi connectivity index (χ1) is 10.1. The highest BCUT2D eigenvalue weighted by molar-refractivity contribution is 9.70. The first kappa shape index (κ1) is 15.0. The number of halogens is 2. The molecule has 0 atom stereocenters. The second-order valence-electron chi connectivity index (χ2n) is 4.84. The molecule has 0 aliphatic carbocycles. The van der Waals surface area contributed by atoms with Gasteiger partial charge in [-0.15, -0.1) is 0 Å². The van der Waals surface area contributed by atoms with Crippen molar-refractivity contribution in [2.24, 2.45) is 0 Å². The zero-order chi connectivity index (χ0) is 14.8. The molecule has 0 amide bonds. The van der Waals surface area contributed by atoms with Crippen molar-refractivity contribution in [1.29, 1.82) is 0 Å². The Morgan fingerprint density at radius 3 is 2.05 bits per heavy atom. The molecule has 0 aliphatic heterocycles. The van der Waals surface area contributed by atoms with E-state index >= 15 is 0 Å². The number of rotatable bonds is 3. The fourth-order valence-corrected chi connectivity index (χ4v) is 4.12. The van der Waals surface area contributed by atoms with Gasteiger partial charge in [0.1, 0.15) is 0 Å². The SMILES string of the molecule is CN(c1ccc(P(Br)Br)cc1)c1ccc2ccccc2c1. The van der Waals surface area contributed by atoms with Crippen molar-refractivity contribution >= 4 is 63.8 Å². The number of anilines is 2. The molecule has 0 heterocycles. The van der Waals surface area contributed by atoms with Crippen LogP contribution in [0.25, 0.3) is 10.8 Å². The lowest BCUT2D eigenvalue weighted by atomic mass is 10.1. The van der Waals surface area contributed by atoms with Crippen LogP contribution < -0.4 is 10.2 Å². The third-order valence-electron chi connectivity index (χ3n) is 3.55. The average molecular weight is 423 g/mol. The third kappa shape index (κ3) is 3.31. The van der Waals surface area contributed by atoms with E-state index < -0.39 is 5.33 Å². The lowest BCUT2D eigenvalue weighted by Crippen LogP contribution is -2.10. The summed E-state index contributed by atoms with van der Waals surface area (Å²) in [7, 11) is 2.10. The van der Waals surface area contributed by atoms with Gasteiger partial charge in [-0.3, -0.25) is 0 Å². The van der Waals surface area contributed by atoms with Crippen molar-refractivity contribution < 1.29 is 0 Å². The molecule has 0 spiro atoms. The smallest absolute Gasteiger partial charge is 0.0654 e. The van der Waals surface area contributed by atoms with E-state index in [1.807, 2.05) is 0 Å². The van der Waals surface area contributed by atoms with Crippen LogP contribution in [0, 0.1) is 0 Å². The van der Waals surface area contributed by atoms with Crippen LogP contribution in [0.15, 0.2) is 66.7 Å². The molecule has 4 heteroatoms. The minimum absolute atomic E-state index is 0.399. The van der Waals surface area contributed by atoms with Gasteiger partial charge in [-0.05, 0) is 71.3 Å². The minimum Gasteiger partial charge on any atom is -0.345 e. The van der Waals surface area contributed by atoms with E-state index in [2.05, 4.69) is 110 Å². The molecule has 21 heavy (non-hydrogen) atoms. The first-order valence-corrected chi connectivity index (χ1v) is 12.0. The normalized spacial score (nSPS) is 11.0. The van der Waals surface area contributed by atoms with E-state index in [0.717, 1.165) is 0 Å². The van der Waals surface area contributed by atoms with Crippen molar-refractivity contribution in [3.05, 3.63) is 66.7 Å². The largest absolute Gasteiger partial charge is 0.345 e. The molecule has 0 N–H and O–H groups in total. The zero-order valence-electron chi connectivity index (χ0n) is 11.5. The summed E-state index contributed by atoms with van der Waals surface area (Å²) in [6, 6.07) is 23.6. The van der Waals surface area contributed by atoms with Gasteiger partial charge >= 0.3 is 0 Å². The van der Waals surface area contributed by atoms with E-state index in [4.69, 9.17) is 0 Å². The summed E-state index contributed by atoms with van der Waals surface area (Å²) in [5.74, 6) is 0. The van der Waals surface area contributed by atoms with Crippen molar-refractivity contribution in [1.82, 2.24) is 0 Å². The Labute approximate surface area is 142 Å². The number of hydrogen-bond acceptors (Lipinski definition) is 1. The summed E-state index contributed by atoms with van der Waals surface area (Å²) in [4.78, 5) is 2.21. The molecule has 0 aromatic heterocycles. The van der Waals surface area contributed by atoms with Crippen molar-refractivity contribution in [2.75, 3.05) is 11.9 Å². The second kappa shape index (κ2) is 6.48. The summed E-state index contributed by atoms with van der Waals surface area (Å²) in [5.41, 5.74) is 2.38. The number of nitrogens with zero attached hydrogens (tertiary/aromatic N) is 1. The zero-order valence-corrected chi connectivity index (χ0v) is 15.6. The summed E-state index contributed by atoms with van der Waals surface area (Å²) in [6.07, 6.45) is 0. The van der Waals surface area contributed by atoms with E-state index in [1.54, 1.807) is 0 Å². The Bertz CT molecular complexity index is 756. The van der Waals surface area contributed by atoms with Crippen molar-refractivity contribution in [2.45, 2.75) is 0 Å². The minimum atomic E-state index is -0.399. The molecule has 0 unspecified atom stereocenters. The Morgan fingerprint density at radius 2 is 1.38 bits per heavy atom. The lowest BCUT2D eigenvalue weighted by molar-refractivity contribution is 1.21. The maximum Gasteiger partial charge on any atom is 0.0654 e. The Hall–Kier alpha value is -0.890. The van der Waals surface area contributed by atoms with Gasteiger partial charge in [-0.25, -0.2) is 0 Å². The molecule has 0 bridgehead atoms. The lowest BCUT2D eigenvalue weighted by Gasteiger charge is -2.20. The van der Waals surface area contributed by atoms with E-state index in [9.17, 15) is 0 Å². The molecule has 0 saturated heterocycles.